The molecule has 10 rings (SSSR count). The summed E-state index contributed by atoms with van der Waals surface area (Å²) in [5, 5.41) is 47.4. The highest BCUT2D eigenvalue weighted by molar-refractivity contribution is 7.86. The summed E-state index contributed by atoms with van der Waals surface area (Å²) in [4.78, 5) is 79.7. The molecule has 4 amide bonds. The molecule has 5 N–H and O–H groups in total. The zero-order chi connectivity index (χ0) is 94.7. The number of benzene rings is 1. The lowest BCUT2D eigenvalue weighted by atomic mass is 9.83. The molecule has 7 saturated heterocycles. The molecule has 1 aromatic rings. The van der Waals surface area contributed by atoms with Crippen molar-refractivity contribution in [3.05, 3.63) is 29.8 Å². The molecule has 12 unspecified atom stereocenters. The van der Waals surface area contributed by atoms with Crippen LogP contribution in [0.4, 0.5) is 19.2 Å². The number of ether oxygens (including phenoxy) is 7. The standard InChI is InChI=1S/C26H45NO6SSi.C19H39NO4Si.C15H32O2Si.C12H19NO5.C12H21NO4.C8H12O3/c1-11-26(19-32-35(9,10)25(6,7)8)17-16-21(27(26)23(28)33-24(3,4)5)18-31-34(29,30)22-14-12-20(2)13-15-22;1-10-19(14-23-25(8,9)18(5,6)7)12-11-15(13-21)20(19)16(22)24-17(2,3)4;1-7-15(9-8-13(10-15)11-16)12-17-18(5,6)14(2,3)4;1-11(2,3)18-10(16)13-8-4-5-12(13,9(14)15)7-17-6-8;1-11(2,3)17-10(15)13-9-4-5-12(13,7-14)8-16-6-9;9-7(10)8-2-1-6(3-8)4-11-5-8/h12-15,21H,11,16-19H2,1-10H3;15,21H,10-14H2,1-9H3;13,16H,7-12H2,1-6H3;8H,4-7H2,1-3H3,(H,14,15);9,14H,4-8H2,1-3H3;6H,1-5H2,(H,9,10). The topological polar surface area (TPSA) is 352 Å². The van der Waals surface area contributed by atoms with Crippen LogP contribution in [0.1, 0.15) is 281 Å². The van der Waals surface area contributed by atoms with Gasteiger partial charge in [0.25, 0.3) is 10.1 Å². The fraction of sp³-hybridized carbons (Fsp3) is 0.870. The van der Waals surface area contributed by atoms with Crippen LogP contribution in [-0.4, -0.2) is 269 Å². The molecule has 1 aromatic carbocycles. The van der Waals surface area contributed by atoms with Crippen molar-refractivity contribution in [3.63, 3.8) is 0 Å². The molecule has 7 heterocycles. The lowest BCUT2D eigenvalue weighted by Gasteiger charge is -2.44. The number of aryl methyl sites for hydroxylation is 1. The Hall–Kier alpha value is -4.56. The average Bonchev–Trinajstić information content (AvgIpc) is 1.60. The van der Waals surface area contributed by atoms with Crippen LogP contribution in [0.5, 0.6) is 0 Å². The number of carbonyl (C=O) groups is 6. The number of amides is 4. The second-order valence-corrected chi connectivity index (χ2v) is 61.4. The van der Waals surface area contributed by atoms with Gasteiger partial charge in [-0.2, -0.15) is 8.42 Å². The van der Waals surface area contributed by atoms with Crippen molar-refractivity contribution < 1.29 is 113 Å². The molecule has 32 heteroatoms. The highest BCUT2D eigenvalue weighted by Crippen LogP contribution is 2.50. The fourth-order valence-corrected chi connectivity index (χ4v) is 21.1. The zero-order valence-corrected chi connectivity index (χ0v) is 86.0. The predicted molar refractivity (Wildman–Crippen MR) is 488 cm³/mol. The highest BCUT2D eigenvalue weighted by Gasteiger charge is 2.60. The summed E-state index contributed by atoms with van der Waals surface area (Å²) in [6.45, 7) is 68.3. The molecule has 9 aliphatic rings. The van der Waals surface area contributed by atoms with Gasteiger partial charge in [0.05, 0.1) is 117 Å². The summed E-state index contributed by atoms with van der Waals surface area (Å²) in [5.74, 6) is -0.664. The number of fused-ring (bicyclic) bond motifs is 6. The van der Waals surface area contributed by atoms with Gasteiger partial charge in [-0.25, -0.2) is 24.0 Å². The van der Waals surface area contributed by atoms with Gasteiger partial charge in [0.15, 0.2) is 30.5 Å². The third kappa shape index (κ3) is 28.5. The largest absolute Gasteiger partial charge is 0.481 e. The number of likely N-dealkylation sites (tertiary alicyclic amines) is 2. The number of hydrogen-bond acceptors (Lipinski definition) is 22. The summed E-state index contributed by atoms with van der Waals surface area (Å²) in [7, 11) is -9.57. The maximum absolute atomic E-state index is 13.5. The Labute approximate surface area is 748 Å². The first-order chi connectivity index (χ1) is 56.6. The van der Waals surface area contributed by atoms with Crippen molar-refractivity contribution in [2.45, 2.75) is 410 Å². The molecule has 124 heavy (non-hydrogen) atoms. The molecule has 0 aromatic heterocycles. The Balaban J connectivity index is 0.000000273. The maximum Gasteiger partial charge on any atom is 0.411 e. The average molecular weight is 1830 g/mol. The SMILES string of the molecule is CC(C)(C)OC(=O)N1C2CCC1(C(=O)O)COC2.CC(C)(C)OC(=O)N1C2CCC1(CO)COC2.CCC1(CO[Si](C)(C)C(C)(C)C)CCC(CO)C1.CCC1(CO[Si](C)(C)C(C)(C)C)CCC(CO)N1C(=O)OC(C)(C)C.CCC1(CO[Si](C)(C)C(C)(C)C)CCC(COS(=O)(=O)c2ccc(C)cc2)N1C(=O)OC(C)(C)C.O=C(O)C12CCC(COC1)C2. The number of carbonyl (C=O) groups excluding carboxylic acids is 4. The first-order valence-electron chi connectivity index (χ1n) is 45.6. The third-order valence-corrected chi connectivity index (χ3v) is 42.8. The van der Waals surface area contributed by atoms with Crippen LogP contribution in [0.25, 0.3) is 0 Å². The second kappa shape index (κ2) is 42.3. The van der Waals surface area contributed by atoms with E-state index in [4.69, 9.17) is 55.7 Å². The van der Waals surface area contributed by atoms with E-state index in [1.165, 1.54) is 36.3 Å². The van der Waals surface area contributed by atoms with E-state index in [0.717, 1.165) is 76.6 Å². The maximum atomic E-state index is 13.5. The Morgan fingerprint density at radius 2 is 0.879 bits per heavy atom. The Bertz CT molecular complexity index is 3760. The van der Waals surface area contributed by atoms with Crippen molar-refractivity contribution in [1.82, 2.24) is 19.6 Å². The minimum absolute atomic E-state index is 0.0297. The summed E-state index contributed by atoms with van der Waals surface area (Å²) in [6.07, 6.45) is 12.8. The van der Waals surface area contributed by atoms with E-state index in [2.05, 4.69) is 115 Å². The summed E-state index contributed by atoms with van der Waals surface area (Å²) >= 11 is 0. The molecule has 718 valence electrons. The molecule has 2 aliphatic carbocycles. The van der Waals surface area contributed by atoms with Crippen molar-refractivity contribution in [3.8, 4) is 0 Å². The van der Waals surface area contributed by atoms with Crippen LogP contribution >= 0.6 is 0 Å². The van der Waals surface area contributed by atoms with Crippen LogP contribution in [0.15, 0.2) is 29.2 Å². The Morgan fingerprint density at radius 3 is 1.28 bits per heavy atom. The molecule has 0 spiro atoms. The Morgan fingerprint density at radius 1 is 0.460 bits per heavy atom. The first-order valence-corrected chi connectivity index (χ1v) is 55.7. The monoisotopic (exact) mass is 1830 g/mol. The van der Waals surface area contributed by atoms with E-state index >= 15 is 0 Å². The Kier molecular flexibility index (Phi) is 37.5. The highest BCUT2D eigenvalue weighted by atomic mass is 32.2. The van der Waals surface area contributed by atoms with E-state index in [9.17, 15) is 57.6 Å². The quantitative estimate of drug-likeness (QED) is 0.0433. The van der Waals surface area contributed by atoms with E-state index in [1.807, 2.05) is 76.2 Å². The number of aliphatic carboxylic acids is 2. The van der Waals surface area contributed by atoms with Crippen LogP contribution in [0, 0.1) is 29.6 Å². The number of aliphatic hydroxyl groups excluding tert-OH is 3. The van der Waals surface area contributed by atoms with E-state index in [1.54, 1.807) is 47.6 Å². The number of carboxylic acids is 2. The van der Waals surface area contributed by atoms with Crippen LogP contribution in [0.3, 0.4) is 0 Å². The normalized spacial score (nSPS) is 28.4. The van der Waals surface area contributed by atoms with Crippen molar-refractivity contribution in [2.24, 2.45) is 22.7 Å². The third-order valence-electron chi connectivity index (χ3n) is 28.1. The molecule has 0 radical (unpaired) electrons. The summed E-state index contributed by atoms with van der Waals surface area (Å²) in [5.41, 5.74) is -4.38. The van der Waals surface area contributed by atoms with Gasteiger partial charge in [-0.1, -0.05) is 101 Å². The number of aliphatic hydroxyl groups is 3. The van der Waals surface area contributed by atoms with Gasteiger partial charge in [0.1, 0.15) is 22.4 Å². The van der Waals surface area contributed by atoms with Crippen molar-refractivity contribution in [1.29, 1.82) is 0 Å². The predicted octanol–water partition coefficient (Wildman–Crippen LogP) is 18.3. The number of hydrogen-bond donors (Lipinski definition) is 5. The van der Waals surface area contributed by atoms with Gasteiger partial charge in [-0.3, -0.25) is 28.6 Å². The van der Waals surface area contributed by atoms with Crippen molar-refractivity contribution >= 4 is 71.4 Å². The lowest BCUT2D eigenvalue weighted by Crippen LogP contribution is -2.62. The van der Waals surface area contributed by atoms with Gasteiger partial charge < -0.3 is 72.0 Å². The molecule has 7 aliphatic heterocycles. The molecular formula is C92H168N4O24SSi3. The van der Waals surface area contributed by atoms with Gasteiger partial charge in [0, 0.05) is 19.8 Å². The minimum atomic E-state index is -3.95. The van der Waals surface area contributed by atoms with E-state index < -0.39 is 115 Å². The molecule has 6 bridgehead atoms. The van der Waals surface area contributed by atoms with E-state index in [-0.39, 0.29) is 76.7 Å². The van der Waals surface area contributed by atoms with Gasteiger partial charge in [-0.15, -0.1) is 0 Å². The molecule has 2 saturated carbocycles. The van der Waals surface area contributed by atoms with Crippen LogP contribution < -0.4 is 0 Å². The molecule has 9 fully saturated rings. The number of rotatable bonds is 21. The van der Waals surface area contributed by atoms with E-state index in [0.29, 0.717) is 95.6 Å². The number of morpholine rings is 2. The first kappa shape index (κ1) is 110. The minimum Gasteiger partial charge on any atom is -0.481 e. The molecule has 12 atom stereocenters. The van der Waals surface area contributed by atoms with Gasteiger partial charge in [-0.05, 0) is 283 Å². The van der Waals surface area contributed by atoms with Crippen LogP contribution in [0.2, 0.25) is 54.4 Å². The zero-order valence-electron chi connectivity index (χ0n) is 82.2. The van der Waals surface area contributed by atoms with Crippen LogP contribution in [-0.2, 0) is 70.3 Å². The number of nitrogens with zero attached hydrogens (tertiary/aromatic N) is 4. The number of carboxylic acid groups (broad SMARTS) is 2. The van der Waals surface area contributed by atoms with Gasteiger partial charge >= 0.3 is 36.3 Å². The summed E-state index contributed by atoms with van der Waals surface area (Å²) < 4.78 is 88.7. The second-order valence-electron chi connectivity index (χ2n) is 45.3. The fourth-order valence-electron chi connectivity index (χ4n) is 16.9. The van der Waals surface area contributed by atoms with Gasteiger partial charge in [0.2, 0.25) is 0 Å². The van der Waals surface area contributed by atoms with Crippen molar-refractivity contribution in [2.75, 3.05) is 85.9 Å². The smallest absolute Gasteiger partial charge is 0.411 e. The lowest BCUT2D eigenvalue weighted by molar-refractivity contribution is -0.161. The molecule has 28 nitrogen and oxygen atoms in total. The molecular weight excluding hydrogens is 1660 g/mol. The summed E-state index contributed by atoms with van der Waals surface area (Å²) in [6, 6.07) is 5.77.